The van der Waals surface area contributed by atoms with Gasteiger partial charge in [0.25, 0.3) is 0 Å². The second kappa shape index (κ2) is 6.02. The smallest absolute Gasteiger partial charge is 0.328 e. The molecule has 1 unspecified atom stereocenters. The largest absolute Gasteiger partial charge is 0.478 e. The van der Waals surface area contributed by atoms with Crippen LogP contribution in [0.3, 0.4) is 0 Å². The van der Waals surface area contributed by atoms with E-state index in [2.05, 4.69) is 20.8 Å². The predicted molar refractivity (Wildman–Crippen MR) is 84.0 cm³/mol. The van der Waals surface area contributed by atoms with E-state index in [-0.39, 0.29) is 11.3 Å². The van der Waals surface area contributed by atoms with E-state index in [1.807, 2.05) is 17.0 Å². The van der Waals surface area contributed by atoms with Gasteiger partial charge < -0.3 is 10.0 Å². The number of amides is 1. The maximum Gasteiger partial charge on any atom is 0.328 e. The Morgan fingerprint density at radius 1 is 1.48 bits per heavy atom. The molecular formula is C16H21NO3S. The predicted octanol–water partition coefficient (Wildman–Crippen LogP) is 3.24. The van der Waals surface area contributed by atoms with E-state index in [0.29, 0.717) is 18.9 Å². The number of likely N-dealkylation sites (tertiary alicyclic amines) is 1. The molecule has 0 bridgehead atoms. The van der Waals surface area contributed by atoms with Crippen LogP contribution in [0.2, 0.25) is 0 Å². The van der Waals surface area contributed by atoms with Crippen LogP contribution in [-0.2, 0) is 16.1 Å². The van der Waals surface area contributed by atoms with Crippen LogP contribution < -0.4 is 0 Å². The molecule has 1 saturated heterocycles. The minimum atomic E-state index is -0.951. The van der Waals surface area contributed by atoms with Crippen LogP contribution in [0, 0.1) is 11.3 Å². The van der Waals surface area contributed by atoms with Crippen LogP contribution in [0.15, 0.2) is 18.2 Å². The third kappa shape index (κ3) is 4.17. The number of carboxylic acid groups (broad SMARTS) is 1. The first-order valence-corrected chi connectivity index (χ1v) is 7.85. The van der Waals surface area contributed by atoms with E-state index >= 15 is 0 Å². The van der Waals surface area contributed by atoms with E-state index in [1.54, 1.807) is 6.08 Å². The van der Waals surface area contributed by atoms with Gasteiger partial charge in [-0.1, -0.05) is 20.8 Å². The summed E-state index contributed by atoms with van der Waals surface area (Å²) in [5, 5.41) is 8.62. The highest BCUT2D eigenvalue weighted by atomic mass is 32.1. The molecule has 1 fully saturated rings. The Kier molecular flexibility index (Phi) is 4.52. The fraction of sp³-hybridized carbons (Fsp3) is 0.500. The van der Waals surface area contributed by atoms with Gasteiger partial charge in [0.05, 0.1) is 6.54 Å². The van der Waals surface area contributed by atoms with Crippen LogP contribution in [0.25, 0.3) is 6.08 Å². The number of thiophene rings is 1. The molecule has 0 aliphatic carbocycles. The monoisotopic (exact) mass is 307 g/mol. The summed E-state index contributed by atoms with van der Waals surface area (Å²) in [5.74, 6) is -0.338. The zero-order valence-corrected chi connectivity index (χ0v) is 13.4. The fourth-order valence-corrected chi connectivity index (χ4v) is 3.35. The topological polar surface area (TPSA) is 57.6 Å². The van der Waals surface area contributed by atoms with Gasteiger partial charge in [-0.05, 0) is 29.5 Å². The van der Waals surface area contributed by atoms with E-state index in [1.165, 1.54) is 11.3 Å². The van der Waals surface area contributed by atoms with Crippen molar-refractivity contribution in [1.29, 1.82) is 0 Å². The summed E-state index contributed by atoms with van der Waals surface area (Å²) < 4.78 is 0. The molecule has 21 heavy (non-hydrogen) atoms. The van der Waals surface area contributed by atoms with E-state index in [4.69, 9.17) is 5.11 Å². The Morgan fingerprint density at radius 3 is 2.76 bits per heavy atom. The van der Waals surface area contributed by atoms with E-state index in [0.717, 1.165) is 22.4 Å². The zero-order valence-electron chi connectivity index (χ0n) is 12.6. The highest BCUT2D eigenvalue weighted by Crippen LogP contribution is 2.35. The molecule has 1 atom stereocenters. The van der Waals surface area contributed by atoms with E-state index < -0.39 is 5.97 Å². The molecule has 0 aromatic carbocycles. The molecule has 1 N–H and O–H groups in total. The van der Waals surface area contributed by atoms with Crippen molar-refractivity contribution in [2.24, 2.45) is 11.3 Å². The molecule has 4 nitrogen and oxygen atoms in total. The second-order valence-electron chi connectivity index (χ2n) is 6.52. The quantitative estimate of drug-likeness (QED) is 0.869. The minimum absolute atomic E-state index is 0.148. The molecule has 2 heterocycles. The standard InChI is InChI=1S/C16H21NO3S/c1-16(2,3)11-8-14(18)17(9-11)10-13-5-4-12(21-13)6-7-15(19)20/h4-7,11H,8-10H2,1-3H3,(H,19,20)/b7-6+. The number of nitrogens with zero attached hydrogens (tertiary/aromatic N) is 1. The van der Waals surface area contributed by atoms with Gasteiger partial charge in [-0.25, -0.2) is 4.79 Å². The van der Waals surface area contributed by atoms with Crippen molar-refractivity contribution in [2.75, 3.05) is 6.54 Å². The van der Waals surface area contributed by atoms with Crippen molar-refractivity contribution in [1.82, 2.24) is 4.90 Å². The molecular weight excluding hydrogens is 286 g/mol. The SMILES string of the molecule is CC(C)(C)C1CC(=O)N(Cc2ccc(/C=C/C(=O)O)s2)C1. The van der Waals surface area contributed by atoms with Gasteiger partial charge in [0, 0.05) is 28.8 Å². The number of hydrogen-bond donors (Lipinski definition) is 1. The summed E-state index contributed by atoms with van der Waals surface area (Å²) in [6.45, 7) is 7.95. The highest BCUT2D eigenvalue weighted by molar-refractivity contribution is 7.12. The number of carboxylic acids is 1. The van der Waals surface area contributed by atoms with Crippen molar-refractivity contribution >= 4 is 29.3 Å². The van der Waals surface area contributed by atoms with Gasteiger partial charge in [-0.2, -0.15) is 0 Å². The number of carbonyl (C=O) groups is 2. The summed E-state index contributed by atoms with van der Waals surface area (Å²) in [5.41, 5.74) is 0.148. The van der Waals surface area contributed by atoms with Crippen molar-refractivity contribution < 1.29 is 14.7 Å². The number of aliphatic carboxylic acids is 1. The molecule has 1 aromatic rings. The maximum absolute atomic E-state index is 12.1. The lowest BCUT2D eigenvalue weighted by Crippen LogP contribution is -2.27. The molecule has 2 rings (SSSR count). The Hall–Kier alpha value is -1.62. The van der Waals surface area contributed by atoms with Crippen LogP contribution in [0.5, 0.6) is 0 Å². The Bertz CT molecular complexity index is 568. The first kappa shape index (κ1) is 15.8. The summed E-state index contributed by atoms with van der Waals surface area (Å²) in [7, 11) is 0. The third-order valence-electron chi connectivity index (χ3n) is 3.86. The third-order valence-corrected chi connectivity index (χ3v) is 4.89. The van der Waals surface area contributed by atoms with Crippen LogP contribution in [0.4, 0.5) is 0 Å². The van der Waals surface area contributed by atoms with Crippen molar-refractivity contribution in [3.63, 3.8) is 0 Å². The van der Waals surface area contributed by atoms with Crippen LogP contribution in [0.1, 0.15) is 36.9 Å². The van der Waals surface area contributed by atoms with Gasteiger partial charge in [0.2, 0.25) is 5.91 Å². The van der Waals surface area contributed by atoms with Gasteiger partial charge >= 0.3 is 5.97 Å². The molecule has 1 aliphatic heterocycles. The van der Waals surface area contributed by atoms with Crippen LogP contribution >= 0.6 is 11.3 Å². The molecule has 0 spiro atoms. The Labute approximate surface area is 129 Å². The highest BCUT2D eigenvalue weighted by Gasteiger charge is 2.36. The first-order valence-electron chi connectivity index (χ1n) is 7.03. The number of hydrogen-bond acceptors (Lipinski definition) is 3. The molecule has 0 saturated carbocycles. The molecule has 114 valence electrons. The first-order chi connectivity index (χ1) is 9.75. The van der Waals surface area contributed by atoms with E-state index in [9.17, 15) is 9.59 Å². The molecule has 0 radical (unpaired) electrons. The average Bonchev–Trinajstić information content (AvgIpc) is 2.94. The molecule has 1 aliphatic rings. The lowest BCUT2D eigenvalue weighted by Gasteiger charge is -2.26. The Balaban J connectivity index is 1.99. The molecule has 1 aromatic heterocycles. The van der Waals surface area contributed by atoms with Gasteiger partial charge in [0.15, 0.2) is 0 Å². The van der Waals surface area contributed by atoms with Crippen LogP contribution in [-0.4, -0.2) is 28.4 Å². The van der Waals surface area contributed by atoms with Crippen molar-refractivity contribution in [3.8, 4) is 0 Å². The maximum atomic E-state index is 12.1. The summed E-state index contributed by atoms with van der Waals surface area (Å²) in [6.07, 6.45) is 3.34. The lowest BCUT2D eigenvalue weighted by molar-refractivity contribution is -0.131. The summed E-state index contributed by atoms with van der Waals surface area (Å²) >= 11 is 1.53. The average molecular weight is 307 g/mol. The summed E-state index contributed by atoms with van der Waals surface area (Å²) in [4.78, 5) is 26.5. The van der Waals surface area contributed by atoms with Gasteiger partial charge in [-0.3, -0.25) is 4.79 Å². The fourth-order valence-electron chi connectivity index (χ4n) is 2.42. The number of rotatable bonds is 4. The van der Waals surface area contributed by atoms with Crippen molar-refractivity contribution in [2.45, 2.75) is 33.7 Å². The Morgan fingerprint density at radius 2 is 2.19 bits per heavy atom. The van der Waals surface area contributed by atoms with Gasteiger partial charge in [0.1, 0.15) is 0 Å². The number of carbonyl (C=O) groups excluding carboxylic acids is 1. The van der Waals surface area contributed by atoms with Crippen molar-refractivity contribution in [3.05, 3.63) is 28.0 Å². The molecule has 5 heteroatoms. The second-order valence-corrected chi connectivity index (χ2v) is 7.72. The van der Waals surface area contributed by atoms with Gasteiger partial charge in [-0.15, -0.1) is 11.3 Å². The summed E-state index contributed by atoms with van der Waals surface area (Å²) in [6, 6.07) is 3.85. The minimum Gasteiger partial charge on any atom is -0.478 e. The zero-order chi connectivity index (χ0) is 15.6. The lowest BCUT2D eigenvalue weighted by atomic mass is 9.80. The molecule has 1 amide bonds. The normalized spacial score (nSPS) is 19.7.